The maximum Gasteiger partial charge on any atom is 0.417 e. The zero-order valence-electron chi connectivity index (χ0n) is 8.94. The molecule has 0 spiro atoms. The quantitative estimate of drug-likeness (QED) is 0.814. The van der Waals surface area contributed by atoms with Crippen LogP contribution in [0.4, 0.5) is 26.3 Å². The molecule has 0 atom stereocenters. The first-order valence-electron chi connectivity index (χ1n) is 4.82. The fraction of sp³-hybridized carbons (Fsp3) is 0.273. The third-order valence-corrected chi connectivity index (χ3v) is 2.14. The second kappa shape index (κ2) is 5.01. The number of alkyl halides is 6. The fourth-order valence-electron chi connectivity index (χ4n) is 1.43. The number of benzene rings is 1. The molecule has 1 rings (SSSR count). The van der Waals surface area contributed by atoms with Crippen LogP contribution >= 0.6 is 0 Å². The third kappa shape index (κ3) is 3.25. The number of nitrogens with two attached hydrogens (primary N) is 1. The molecule has 0 saturated carbocycles. The van der Waals surface area contributed by atoms with Crippen LogP contribution in [0.15, 0.2) is 24.3 Å². The molecular weight excluding hydrogens is 260 g/mol. The lowest BCUT2D eigenvalue weighted by molar-refractivity contribution is -0.143. The van der Waals surface area contributed by atoms with Crippen molar-refractivity contribution in [1.29, 1.82) is 0 Å². The standard InChI is InChI=1S/C11H9F6N/c12-10(13,14)8-4-1-5-9(11(15,16)17)7(8)3-2-6-18/h1-5H,6,18H2. The maximum atomic E-state index is 12.6. The van der Waals surface area contributed by atoms with Crippen molar-refractivity contribution in [2.24, 2.45) is 5.73 Å². The second-order valence-electron chi connectivity index (χ2n) is 3.40. The predicted octanol–water partition coefficient (Wildman–Crippen LogP) is 3.70. The molecule has 18 heavy (non-hydrogen) atoms. The Balaban J connectivity index is 3.50. The molecule has 0 amide bonds. The van der Waals surface area contributed by atoms with E-state index in [1.807, 2.05) is 0 Å². The zero-order valence-corrected chi connectivity index (χ0v) is 8.94. The van der Waals surface area contributed by atoms with Gasteiger partial charge in [-0.25, -0.2) is 0 Å². The minimum Gasteiger partial charge on any atom is -0.327 e. The van der Waals surface area contributed by atoms with Gasteiger partial charge in [0.15, 0.2) is 0 Å². The molecule has 2 N–H and O–H groups in total. The summed E-state index contributed by atoms with van der Waals surface area (Å²) in [5.74, 6) is 0. The lowest BCUT2D eigenvalue weighted by Gasteiger charge is -2.16. The summed E-state index contributed by atoms with van der Waals surface area (Å²) in [7, 11) is 0. The summed E-state index contributed by atoms with van der Waals surface area (Å²) in [6.45, 7) is -0.149. The van der Waals surface area contributed by atoms with Gasteiger partial charge in [0, 0.05) is 6.54 Å². The number of rotatable bonds is 2. The van der Waals surface area contributed by atoms with E-state index in [1.165, 1.54) is 0 Å². The van der Waals surface area contributed by atoms with Crippen molar-refractivity contribution in [2.75, 3.05) is 6.54 Å². The Hall–Kier alpha value is -1.50. The molecule has 7 heteroatoms. The molecule has 100 valence electrons. The molecule has 0 aliphatic heterocycles. The summed E-state index contributed by atoms with van der Waals surface area (Å²) < 4.78 is 75.7. The normalized spacial score (nSPS) is 13.3. The molecule has 1 aromatic carbocycles. The highest BCUT2D eigenvalue weighted by Crippen LogP contribution is 2.39. The van der Waals surface area contributed by atoms with Crippen molar-refractivity contribution in [2.45, 2.75) is 12.4 Å². The SMILES string of the molecule is NCC=Cc1c(C(F)(F)F)cccc1C(F)(F)F. The van der Waals surface area contributed by atoms with Gasteiger partial charge in [0.2, 0.25) is 0 Å². The number of hydrogen-bond donors (Lipinski definition) is 1. The van der Waals surface area contributed by atoms with E-state index in [4.69, 9.17) is 5.73 Å². The maximum absolute atomic E-state index is 12.6. The monoisotopic (exact) mass is 269 g/mol. The predicted molar refractivity (Wildman–Crippen MR) is 54.5 cm³/mol. The van der Waals surface area contributed by atoms with Crippen molar-refractivity contribution in [3.8, 4) is 0 Å². The van der Waals surface area contributed by atoms with E-state index in [-0.39, 0.29) is 6.54 Å². The Morgan fingerprint density at radius 1 is 0.944 bits per heavy atom. The molecule has 0 heterocycles. The largest absolute Gasteiger partial charge is 0.417 e. The van der Waals surface area contributed by atoms with Gasteiger partial charge in [-0.3, -0.25) is 0 Å². The highest BCUT2D eigenvalue weighted by atomic mass is 19.4. The highest BCUT2D eigenvalue weighted by molar-refractivity contribution is 5.60. The molecular formula is C11H9F6N. The van der Waals surface area contributed by atoms with Gasteiger partial charge >= 0.3 is 12.4 Å². The number of halogens is 6. The van der Waals surface area contributed by atoms with E-state index in [0.717, 1.165) is 18.2 Å². The van der Waals surface area contributed by atoms with Crippen LogP contribution in [0.2, 0.25) is 0 Å². The fourth-order valence-corrected chi connectivity index (χ4v) is 1.43. The van der Waals surface area contributed by atoms with Gasteiger partial charge in [-0.1, -0.05) is 18.2 Å². The topological polar surface area (TPSA) is 26.0 Å². The molecule has 0 saturated heterocycles. The zero-order chi connectivity index (χ0) is 14.0. The molecule has 0 aromatic heterocycles. The Labute approximate surface area is 98.9 Å². The summed E-state index contributed by atoms with van der Waals surface area (Å²) in [5, 5.41) is 0. The van der Waals surface area contributed by atoms with Crippen molar-refractivity contribution < 1.29 is 26.3 Å². The van der Waals surface area contributed by atoms with Crippen LogP contribution in [-0.4, -0.2) is 6.54 Å². The van der Waals surface area contributed by atoms with E-state index in [9.17, 15) is 26.3 Å². The highest BCUT2D eigenvalue weighted by Gasteiger charge is 2.39. The van der Waals surface area contributed by atoms with E-state index in [0.29, 0.717) is 12.1 Å². The van der Waals surface area contributed by atoms with Crippen molar-refractivity contribution >= 4 is 6.08 Å². The van der Waals surface area contributed by atoms with Crippen LogP contribution in [0.3, 0.4) is 0 Å². The van der Waals surface area contributed by atoms with Gasteiger partial charge in [0.05, 0.1) is 11.1 Å². The minimum absolute atomic E-state index is 0.149. The molecule has 0 bridgehead atoms. The van der Waals surface area contributed by atoms with Crippen LogP contribution in [-0.2, 0) is 12.4 Å². The first kappa shape index (κ1) is 14.6. The van der Waals surface area contributed by atoms with Crippen LogP contribution < -0.4 is 5.73 Å². The summed E-state index contributed by atoms with van der Waals surface area (Å²) >= 11 is 0. The molecule has 0 aliphatic carbocycles. The Morgan fingerprint density at radius 2 is 1.39 bits per heavy atom. The van der Waals surface area contributed by atoms with Gasteiger partial charge in [0.1, 0.15) is 0 Å². The lowest BCUT2D eigenvalue weighted by Crippen LogP contribution is -2.14. The second-order valence-corrected chi connectivity index (χ2v) is 3.40. The van der Waals surface area contributed by atoms with Crippen LogP contribution in [0.5, 0.6) is 0 Å². The third-order valence-electron chi connectivity index (χ3n) is 2.14. The Kier molecular flexibility index (Phi) is 4.05. The van der Waals surface area contributed by atoms with Gasteiger partial charge < -0.3 is 5.73 Å². The molecule has 0 radical (unpaired) electrons. The smallest absolute Gasteiger partial charge is 0.327 e. The molecule has 0 fully saturated rings. The van der Waals surface area contributed by atoms with Crippen LogP contribution in [0.25, 0.3) is 6.08 Å². The van der Waals surface area contributed by atoms with Crippen molar-refractivity contribution in [3.63, 3.8) is 0 Å². The van der Waals surface area contributed by atoms with Crippen molar-refractivity contribution in [3.05, 3.63) is 41.0 Å². The summed E-state index contributed by atoms with van der Waals surface area (Å²) in [6.07, 6.45) is -7.92. The van der Waals surface area contributed by atoms with E-state index < -0.39 is 29.0 Å². The first-order valence-corrected chi connectivity index (χ1v) is 4.82. The molecule has 0 unspecified atom stereocenters. The first-order chi connectivity index (χ1) is 8.18. The van der Waals surface area contributed by atoms with E-state index in [1.54, 1.807) is 0 Å². The lowest BCUT2D eigenvalue weighted by atomic mass is 9.99. The van der Waals surface area contributed by atoms with Crippen molar-refractivity contribution in [1.82, 2.24) is 0 Å². The van der Waals surface area contributed by atoms with Crippen LogP contribution in [0.1, 0.15) is 16.7 Å². The Morgan fingerprint density at radius 3 is 1.72 bits per heavy atom. The minimum atomic E-state index is -4.85. The van der Waals surface area contributed by atoms with E-state index >= 15 is 0 Å². The van der Waals surface area contributed by atoms with E-state index in [2.05, 4.69) is 0 Å². The summed E-state index contributed by atoms with van der Waals surface area (Å²) in [6, 6.07) is 1.93. The molecule has 0 aliphatic rings. The average Bonchev–Trinajstić information content (AvgIpc) is 2.23. The molecule has 1 aromatic rings. The number of hydrogen-bond acceptors (Lipinski definition) is 1. The van der Waals surface area contributed by atoms with Gasteiger partial charge in [-0.15, -0.1) is 0 Å². The summed E-state index contributed by atoms with van der Waals surface area (Å²) in [5.41, 5.74) is 1.47. The van der Waals surface area contributed by atoms with Gasteiger partial charge in [-0.2, -0.15) is 26.3 Å². The average molecular weight is 269 g/mol. The summed E-state index contributed by atoms with van der Waals surface area (Å²) in [4.78, 5) is 0. The Bertz CT molecular complexity index is 412. The van der Waals surface area contributed by atoms with Gasteiger partial charge in [-0.05, 0) is 17.7 Å². The van der Waals surface area contributed by atoms with Gasteiger partial charge in [0.25, 0.3) is 0 Å². The van der Waals surface area contributed by atoms with Crippen LogP contribution in [0, 0.1) is 0 Å². The molecule has 1 nitrogen and oxygen atoms in total.